The molecule has 7 heteroatoms. The van der Waals surface area contributed by atoms with Gasteiger partial charge in [-0.1, -0.05) is 40.5 Å². The molecule has 1 aliphatic rings. The van der Waals surface area contributed by atoms with Gasteiger partial charge in [0, 0.05) is 34.3 Å². The van der Waals surface area contributed by atoms with E-state index in [1.165, 1.54) is 0 Å². The van der Waals surface area contributed by atoms with Crippen LogP contribution in [0.1, 0.15) is 35.0 Å². The summed E-state index contributed by atoms with van der Waals surface area (Å²) in [5, 5.41) is 5.31. The number of halogens is 2. The molecule has 1 fully saturated rings. The second-order valence-electron chi connectivity index (χ2n) is 6.56. The first-order valence-corrected chi connectivity index (χ1v) is 9.50. The van der Waals surface area contributed by atoms with Gasteiger partial charge in [0.15, 0.2) is 0 Å². The van der Waals surface area contributed by atoms with Crippen molar-refractivity contribution in [1.82, 2.24) is 15.0 Å². The highest BCUT2D eigenvalue weighted by atomic mass is 35.5. The minimum Gasteiger partial charge on any atom is -0.339 e. The van der Waals surface area contributed by atoms with Crippen molar-refractivity contribution in [3.63, 3.8) is 0 Å². The van der Waals surface area contributed by atoms with Crippen molar-refractivity contribution in [2.45, 2.75) is 18.8 Å². The lowest BCUT2D eigenvalue weighted by Crippen LogP contribution is -2.39. The number of aromatic nitrogens is 2. The topological polar surface area (TPSA) is 59.2 Å². The first-order chi connectivity index (χ1) is 13.1. The average molecular weight is 402 g/mol. The van der Waals surface area contributed by atoms with Crippen LogP contribution < -0.4 is 0 Å². The fourth-order valence-corrected chi connectivity index (χ4v) is 3.60. The predicted octanol–water partition coefficient (Wildman–Crippen LogP) is 5.06. The van der Waals surface area contributed by atoms with E-state index < -0.39 is 0 Å². The highest BCUT2D eigenvalue weighted by Gasteiger charge is 2.29. The molecule has 0 radical (unpaired) electrons. The quantitative estimate of drug-likeness (QED) is 0.614. The molecule has 3 aromatic rings. The third-order valence-corrected chi connectivity index (χ3v) is 5.16. The number of hydrogen-bond acceptors (Lipinski definition) is 4. The molecule has 138 valence electrons. The van der Waals surface area contributed by atoms with Gasteiger partial charge in [-0.15, -0.1) is 0 Å². The molecule has 2 aromatic carbocycles. The van der Waals surface area contributed by atoms with Crippen LogP contribution in [0.2, 0.25) is 10.0 Å². The van der Waals surface area contributed by atoms with Crippen LogP contribution in [-0.4, -0.2) is 34.0 Å². The maximum absolute atomic E-state index is 12.8. The minimum atomic E-state index is -0.00838. The third-order valence-electron chi connectivity index (χ3n) is 4.67. The predicted molar refractivity (Wildman–Crippen MR) is 104 cm³/mol. The SMILES string of the molecule is O=C(c1ccc(Cl)cc1)N1CCCC(c2nc(-c3cccc(Cl)c3)no2)C1. The Kier molecular flexibility index (Phi) is 5.14. The highest BCUT2D eigenvalue weighted by molar-refractivity contribution is 6.31. The first kappa shape index (κ1) is 18.0. The lowest BCUT2D eigenvalue weighted by Gasteiger charge is -2.31. The standard InChI is InChI=1S/C20H17Cl2N3O2/c21-16-8-6-13(7-9-16)20(26)25-10-2-4-15(12-25)19-23-18(24-27-19)14-3-1-5-17(22)11-14/h1,3,5-9,11,15H,2,4,10,12H2. The van der Waals surface area contributed by atoms with Crippen molar-refractivity contribution in [2.75, 3.05) is 13.1 Å². The van der Waals surface area contributed by atoms with E-state index in [0.29, 0.717) is 40.4 Å². The lowest BCUT2D eigenvalue weighted by atomic mass is 9.97. The second kappa shape index (κ2) is 7.71. The van der Waals surface area contributed by atoms with Crippen LogP contribution in [0.3, 0.4) is 0 Å². The van der Waals surface area contributed by atoms with E-state index in [1.54, 1.807) is 36.4 Å². The van der Waals surface area contributed by atoms with E-state index in [-0.39, 0.29) is 11.8 Å². The number of piperidine rings is 1. The maximum Gasteiger partial charge on any atom is 0.253 e. The number of amides is 1. The summed E-state index contributed by atoms with van der Waals surface area (Å²) in [6.07, 6.45) is 1.79. The summed E-state index contributed by atoms with van der Waals surface area (Å²) in [5.74, 6) is 1.08. The van der Waals surface area contributed by atoms with Crippen LogP contribution in [0.15, 0.2) is 53.1 Å². The largest absolute Gasteiger partial charge is 0.339 e. The number of likely N-dealkylation sites (tertiary alicyclic amines) is 1. The number of hydrogen-bond donors (Lipinski definition) is 0. The molecule has 1 unspecified atom stereocenters. The van der Waals surface area contributed by atoms with Crippen LogP contribution in [0.4, 0.5) is 0 Å². The summed E-state index contributed by atoms with van der Waals surface area (Å²) in [6.45, 7) is 1.27. The van der Waals surface area contributed by atoms with E-state index in [1.807, 2.05) is 17.0 Å². The van der Waals surface area contributed by atoms with Gasteiger partial charge in [-0.2, -0.15) is 4.98 Å². The Hall–Kier alpha value is -2.37. The third kappa shape index (κ3) is 3.99. The van der Waals surface area contributed by atoms with Crippen LogP contribution in [0.25, 0.3) is 11.4 Å². The van der Waals surface area contributed by atoms with E-state index in [2.05, 4.69) is 10.1 Å². The molecule has 1 atom stereocenters. The van der Waals surface area contributed by atoms with Crippen LogP contribution in [0.5, 0.6) is 0 Å². The fraction of sp³-hybridized carbons (Fsp3) is 0.250. The van der Waals surface area contributed by atoms with Crippen molar-refractivity contribution in [3.05, 3.63) is 70.0 Å². The van der Waals surface area contributed by atoms with E-state index in [9.17, 15) is 4.79 Å². The zero-order valence-corrected chi connectivity index (χ0v) is 16.0. The summed E-state index contributed by atoms with van der Waals surface area (Å²) in [6, 6.07) is 14.3. The van der Waals surface area contributed by atoms with Gasteiger partial charge < -0.3 is 9.42 Å². The van der Waals surface area contributed by atoms with E-state index in [0.717, 1.165) is 18.4 Å². The first-order valence-electron chi connectivity index (χ1n) is 8.74. The van der Waals surface area contributed by atoms with Crippen molar-refractivity contribution in [3.8, 4) is 11.4 Å². The van der Waals surface area contributed by atoms with Crippen LogP contribution in [0, 0.1) is 0 Å². The normalized spacial score (nSPS) is 17.1. The molecular weight excluding hydrogens is 385 g/mol. The Bertz CT molecular complexity index is 956. The van der Waals surface area contributed by atoms with Crippen molar-refractivity contribution >= 4 is 29.1 Å². The molecule has 2 heterocycles. The summed E-state index contributed by atoms with van der Waals surface area (Å²) in [4.78, 5) is 19.1. The Balaban J connectivity index is 1.50. The molecule has 1 aliphatic heterocycles. The Morgan fingerprint density at radius 1 is 1.11 bits per heavy atom. The molecule has 4 rings (SSSR count). The van der Waals surface area contributed by atoms with Gasteiger partial charge in [0.1, 0.15) is 0 Å². The number of rotatable bonds is 3. The number of carbonyl (C=O) groups excluding carboxylic acids is 1. The van der Waals surface area contributed by atoms with Crippen LogP contribution >= 0.6 is 23.2 Å². The molecule has 0 spiro atoms. The Morgan fingerprint density at radius 3 is 2.70 bits per heavy atom. The minimum absolute atomic E-state index is 0.00838. The van der Waals surface area contributed by atoms with Crippen molar-refractivity contribution < 1.29 is 9.32 Å². The van der Waals surface area contributed by atoms with Gasteiger partial charge in [0.05, 0.1) is 5.92 Å². The maximum atomic E-state index is 12.8. The highest BCUT2D eigenvalue weighted by Crippen LogP contribution is 2.29. The summed E-state index contributed by atoms with van der Waals surface area (Å²) < 4.78 is 5.49. The fourth-order valence-electron chi connectivity index (χ4n) is 3.28. The molecule has 1 aromatic heterocycles. The smallest absolute Gasteiger partial charge is 0.253 e. The Labute approximate surface area is 166 Å². The molecule has 0 saturated carbocycles. The number of nitrogens with zero attached hydrogens (tertiary/aromatic N) is 3. The molecule has 0 N–H and O–H groups in total. The molecule has 5 nitrogen and oxygen atoms in total. The van der Waals surface area contributed by atoms with Gasteiger partial charge >= 0.3 is 0 Å². The van der Waals surface area contributed by atoms with Gasteiger partial charge in [-0.25, -0.2) is 0 Å². The number of benzene rings is 2. The van der Waals surface area contributed by atoms with Crippen molar-refractivity contribution in [1.29, 1.82) is 0 Å². The monoisotopic (exact) mass is 401 g/mol. The molecular formula is C20H17Cl2N3O2. The van der Waals surface area contributed by atoms with Crippen LogP contribution in [-0.2, 0) is 0 Å². The van der Waals surface area contributed by atoms with Gasteiger partial charge in [0.25, 0.3) is 5.91 Å². The molecule has 1 amide bonds. The zero-order valence-electron chi connectivity index (χ0n) is 14.4. The molecule has 0 bridgehead atoms. The van der Waals surface area contributed by atoms with E-state index >= 15 is 0 Å². The molecule has 1 saturated heterocycles. The molecule has 27 heavy (non-hydrogen) atoms. The zero-order chi connectivity index (χ0) is 18.8. The Morgan fingerprint density at radius 2 is 1.93 bits per heavy atom. The van der Waals surface area contributed by atoms with E-state index in [4.69, 9.17) is 27.7 Å². The van der Waals surface area contributed by atoms with Crippen molar-refractivity contribution in [2.24, 2.45) is 0 Å². The number of carbonyl (C=O) groups is 1. The average Bonchev–Trinajstić information content (AvgIpc) is 3.18. The van der Waals surface area contributed by atoms with Gasteiger partial charge in [0.2, 0.25) is 11.7 Å². The summed E-state index contributed by atoms with van der Waals surface area (Å²) in [7, 11) is 0. The van der Waals surface area contributed by atoms with Gasteiger partial charge in [-0.3, -0.25) is 4.79 Å². The summed E-state index contributed by atoms with van der Waals surface area (Å²) >= 11 is 11.9. The lowest BCUT2D eigenvalue weighted by molar-refractivity contribution is 0.0695. The second-order valence-corrected chi connectivity index (χ2v) is 7.44. The summed E-state index contributed by atoms with van der Waals surface area (Å²) in [5.41, 5.74) is 1.44. The van der Waals surface area contributed by atoms with Gasteiger partial charge in [-0.05, 0) is 49.2 Å². The molecule has 0 aliphatic carbocycles.